The summed E-state index contributed by atoms with van der Waals surface area (Å²) in [6.45, 7) is 7.84. The van der Waals surface area contributed by atoms with Crippen LogP contribution < -0.4 is 10.1 Å². The van der Waals surface area contributed by atoms with Gasteiger partial charge in [-0.25, -0.2) is 0 Å². The van der Waals surface area contributed by atoms with Crippen LogP contribution in [0.25, 0.3) is 0 Å². The summed E-state index contributed by atoms with van der Waals surface area (Å²) in [4.78, 5) is 16.9. The fourth-order valence-corrected chi connectivity index (χ4v) is 4.08. The van der Waals surface area contributed by atoms with Crippen LogP contribution in [0.3, 0.4) is 0 Å². The zero-order valence-electron chi connectivity index (χ0n) is 15.6. The predicted molar refractivity (Wildman–Crippen MR) is 104 cm³/mol. The number of nitrogens with one attached hydrogen (secondary N) is 1. The highest BCUT2D eigenvalue weighted by Crippen LogP contribution is 2.25. The first-order chi connectivity index (χ1) is 12.6. The summed E-state index contributed by atoms with van der Waals surface area (Å²) in [6, 6.07) is 10.2. The third kappa shape index (κ3) is 4.44. The van der Waals surface area contributed by atoms with Crippen molar-refractivity contribution in [3.05, 3.63) is 51.2 Å². The van der Waals surface area contributed by atoms with Gasteiger partial charge in [-0.3, -0.25) is 9.69 Å². The van der Waals surface area contributed by atoms with Crippen LogP contribution in [0.2, 0.25) is 0 Å². The molecule has 1 aromatic heterocycles. The molecule has 1 atom stereocenters. The second-order valence-electron chi connectivity index (χ2n) is 6.50. The number of ether oxygens (including phenoxy) is 2. The average Bonchev–Trinajstić information content (AvgIpc) is 3.02. The molecule has 2 heterocycles. The molecule has 26 heavy (non-hydrogen) atoms. The SMILES string of the molecule is COc1ccc(C(CNC(=O)c2cc(C)c(C)s2)N2CCOCC2)cc1. The van der Waals surface area contributed by atoms with Crippen molar-refractivity contribution in [2.75, 3.05) is 40.0 Å². The van der Waals surface area contributed by atoms with E-state index in [1.165, 1.54) is 16.0 Å². The van der Waals surface area contributed by atoms with Crippen molar-refractivity contribution in [3.63, 3.8) is 0 Å². The number of benzene rings is 1. The Bertz CT molecular complexity index is 717. The van der Waals surface area contributed by atoms with Gasteiger partial charge in [0, 0.05) is 24.5 Å². The number of thiophene rings is 1. The van der Waals surface area contributed by atoms with E-state index in [4.69, 9.17) is 9.47 Å². The highest BCUT2D eigenvalue weighted by Gasteiger charge is 2.23. The lowest BCUT2D eigenvalue weighted by Crippen LogP contribution is -2.43. The van der Waals surface area contributed by atoms with Gasteiger partial charge >= 0.3 is 0 Å². The molecule has 6 heteroatoms. The third-order valence-electron chi connectivity index (χ3n) is 4.83. The van der Waals surface area contributed by atoms with Crippen molar-refractivity contribution < 1.29 is 14.3 Å². The summed E-state index contributed by atoms with van der Waals surface area (Å²) < 4.78 is 10.7. The van der Waals surface area contributed by atoms with Crippen molar-refractivity contribution >= 4 is 17.2 Å². The first-order valence-corrected chi connectivity index (χ1v) is 9.71. The highest BCUT2D eigenvalue weighted by atomic mass is 32.1. The lowest BCUT2D eigenvalue weighted by atomic mass is 10.0. The Morgan fingerprint density at radius 3 is 2.54 bits per heavy atom. The number of methoxy groups -OCH3 is 1. The first kappa shape index (κ1) is 18.9. The smallest absolute Gasteiger partial charge is 0.261 e. The summed E-state index contributed by atoms with van der Waals surface area (Å²) in [6.07, 6.45) is 0. The topological polar surface area (TPSA) is 50.8 Å². The molecule has 3 rings (SSSR count). The van der Waals surface area contributed by atoms with E-state index in [9.17, 15) is 4.79 Å². The third-order valence-corrected chi connectivity index (χ3v) is 5.98. The standard InChI is InChI=1S/C20H26N2O3S/c1-14-12-19(26-15(14)2)20(23)21-13-18(22-8-10-25-11-9-22)16-4-6-17(24-3)7-5-16/h4-7,12,18H,8-11,13H2,1-3H3,(H,21,23). The van der Waals surface area contributed by atoms with Crippen LogP contribution in [-0.2, 0) is 4.74 Å². The molecule has 5 nitrogen and oxygen atoms in total. The number of hydrogen-bond donors (Lipinski definition) is 1. The van der Waals surface area contributed by atoms with Crippen LogP contribution >= 0.6 is 11.3 Å². The average molecular weight is 375 g/mol. The van der Waals surface area contributed by atoms with E-state index in [0.717, 1.165) is 36.9 Å². The van der Waals surface area contributed by atoms with E-state index in [1.54, 1.807) is 18.4 Å². The molecule has 0 spiro atoms. The van der Waals surface area contributed by atoms with E-state index in [1.807, 2.05) is 32.0 Å². The Labute approximate surface area is 158 Å². The maximum Gasteiger partial charge on any atom is 0.261 e. The minimum Gasteiger partial charge on any atom is -0.497 e. The fraction of sp³-hybridized carbons (Fsp3) is 0.450. The molecular formula is C20H26N2O3S. The van der Waals surface area contributed by atoms with Gasteiger partial charge in [0.1, 0.15) is 5.75 Å². The fourth-order valence-electron chi connectivity index (χ4n) is 3.13. The van der Waals surface area contributed by atoms with Crippen LogP contribution in [-0.4, -0.2) is 50.8 Å². The van der Waals surface area contributed by atoms with Crippen LogP contribution in [0.4, 0.5) is 0 Å². The van der Waals surface area contributed by atoms with Crippen molar-refractivity contribution in [1.82, 2.24) is 10.2 Å². The van der Waals surface area contributed by atoms with Crippen molar-refractivity contribution in [1.29, 1.82) is 0 Å². The Balaban J connectivity index is 1.73. The summed E-state index contributed by atoms with van der Waals surface area (Å²) in [7, 11) is 1.67. The lowest BCUT2D eigenvalue weighted by Gasteiger charge is -2.35. The molecule has 1 aromatic carbocycles. The van der Waals surface area contributed by atoms with Gasteiger partial charge in [-0.15, -0.1) is 11.3 Å². The molecule has 140 valence electrons. The molecule has 0 aliphatic carbocycles. The van der Waals surface area contributed by atoms with Gasteiger partial charge in [-0.2, -0.15) is 0 Å². The van der Waals surface area contributed by atoms with E-state index in [-0.39, 0.29) is 11.9 Å². The van der Waals surface area contributed by atoms with Gasteiger partial charge < -0.3 is 14.8 Å². The van der Waals surface area contributed by atoms with Crippen LogP contribution in [0.15, 0.2) is 30.3 Å². The maximum atomic E-state index is 12.6. The Morgan fingerprint density at radius 2 is 1.96 bits per heavy atom. The highest BCUT2D eigenvalue weighted by molar-refractivity contribution is 7.14. The molecular weight excluding hydrogens is 348 g/mol. The molecule has 1 fully saturated rings. The number of carbonyl (C=O) groups is 1. The van der Waals surface area contributed by atoms with Gasteiger partial charge in [0.15, 0.2) is 0 Å². The molecule has 1 aliphatic heterocycles. The largest absolute Gasteiger partial charge is 0.497 e. The number of nitrogens with zero attached hydrogens (tertiary/aromatic N) is 1. The molecule has 1 saturated heterocycles. The number of aryl methyl sites for hydroxylation is 2. The predicted octanol–water partition coefficient (Wildman–Crippen LogP) is 3.18. The van der Waals surface area contributed by atoms with E-state index >= 15 is 0 Å². The second-order valence-corrected chi connectivity index (χ2v) is 7.75. The number of morpholine rings is 1. The molecule has 1 aliphatic rings. The zero-order valence-corrected chi connectivity index (χ0v) is 16.4. The molecule has 0 bridgehead atoms. The molecule has 0 saturated carbocycles. The molecule has 2 aromatic rings. The maximum absolute atomic E-state index is 12.6. The summed E-state index contributed by atoms with van der Waals surface area (Å²) in [5.41, 5.74) is 2.34. The minimum absolute atomic E-state index is 0.00188. The van der Waals surface area contributed by atoms with Gasteiger partial charge in [-0.05, 0) is 43.2 Å². The first-order valence-electron chi connectivity index (χ1n) is 8.89. The Morgan fingerprint density at radius 1 is 1.27 bits per heavy atom. The Hall–Kier alpha value is -1.89. The number of carbonyl (C=O) groups excluding carboxylic acids is 1. The summed E-state index contributed by atoms with van der Waals surface area (Å²) >= 11 is 1.55. The van der Waals surface area contributed by atoms with Crippen molar-refractivity contribution in [2.45, 2.75) is 19.9 Å². The zero-order chi connectivity index (χ0) is 18.5. The lowest BCUT2D eigenvalue weighted by molar-refractivity contribution is 0.0162. The van der Waals surface area contributed by atoms with Gasteiger partial charge in [0.25, 0.3) is 5.91 Å². The Kier molecular flexibility index (Phi) is 6.29. The van der Waals surface area contributed by atoms with E-state index in [0.29, 0.717) is 6.54 Å². The van der Waals surface area contributed by atoms with Crippen LogP contribution in [0.5, 0.6) is 5.75 Å². The van der Waals surface area contributed by atoms with Gasteiger partial charge in [0.05, 0.1) is 31.2 Å². The van der Waals surface area contributed by atoms with E-state index in [2.05, 4.69) is 22.3 Å². The second kappa shape index (κ2) is 8.66. The van der Waals surface area contributed by atoms with Crippen LogP contribution in [0, 0.1) is 13.8 Å². The normalized spacial score (nSPS) is 16.3. The van der Waals surface area contributed by atoms with Gasteiger partial charge in [-0.1, -0.05) is 12.1 Å². The molecule has 1 amide bonds. The number of rotatable bonds is 6. The summed E-state index contributed by atoms with van der Waals surface area (Å²) in [5, 5.41) is 3.12. The van der Waals surface area contributed by atoms with Crippen molar-refractivity contribution in [3.8, 4) is 5.75 Å². The van der Waals surface area contributed by atoms with Crippen molar-refractivity contribution in [2.24, 2.45) is 0 Å². The number of hydrogen-bond acceptors (Lipinski definition) is 5. The molecule has 1 N–H and O–H groups in total. The van der Waals surface area contributed by atoms with Crippen LogP contribution in [0.1, 0.15) is 31.7 Å². The summed E-state index contributed by atoms with van der Waals surface area (Å²) in [5.74, 6) is 0.834. The quantitative estimate of drug-likeness (QED) is 0.844. The van der Waals surface area contributed by atoms with E-state index < -0.39 is 0 Å². The monoisotopic (exact) mass is 374 g/mol. The molecule has 1 unspecified atom stereocenters. The molecule has 0 radical (unpaired) electrons. The van der Waals surface area contributed by atoms with Gasteiger partial charge in [0.2, 0.25) is 0 Å². The minimum atomic E-state index is -0.00188. The number of amides is 1.